The summed E-state index contributed by atoms with van der Waals surface area (Å²) in [5, 5.41) is 13.9. The van der Waals surface area contributed by atoms with Gasteiger partial charge in [-0.2, -0.15) is 0 Å². The molecule has 0 amide bonds. The summed E-state index contributed by atoms with van der Waals surface area (Å²) in [5.41, 5.74) is 0.827. The molecular formula is C13H14N2O3. The number of non-ortho nitro benzene ring substituents is 1. The molecule has 1 aromatic heterocycles. The van der Waals surface area contributed by atoms with E-state index in [1.807, 2.05) is 25.1 Å². The molecule has 2 aromatic rings. The molecule has 5 heteroatoms. The van der Waals surface area contributed by atoms with Crippen LogP contribution in [0.2, 0.25) is 0 Å². The van der Waals surface area contributed by atoms with E-state index in [4.69, 9.17) is 4.42 Å². The van der Waals surface area contributed by atoms with E-state index < -0.39 is 4.92 Å². The molecule has 1 aromatic carbocycles. The monoisotopic (exact) mass is 246 g/mol. The zero-order valence-corrected chi connectivity index (χ0v) is 10.00. The fourth-order valence-electron chi connectivity index (χ4n) is 1.78. The Bertz CT molecular complexity index is 523. The second-order valence-electron chi connectivity index (χ2n) is 4.14. The lowest BCUT2D eigenvalue weighted by Gasteiger charge is -2.13. The highest BCUT2D eigenvalue weighted by Crippen LogP contribution is 2.18. The number of hydrogen-bond donors (Lipinski definition) is 1. The first-order valence-corrected chi connectivity index (χ1v) is 5.68. The van der Waals surface area contributed by atoms with Crippen molar-refractivity contribution in [2.45, 2.75) is 19.4 Å². The van der Waals surface area contributed by atoms with Crippen LogP contribution in [0.3, 0.4) is 0 Å². The molecule has 0 radical (unpaired) electrons. The normalized spacial score (nSPS) is 12.1. The molecular weight excluding hydrogens is 232 g/mol. The van der Waals surface area contributed by atoms with Crippen LogP contribution in [0, 0.1) is 10.1 Å². The summed E-state index contributed by atoms with van der Waals surface area (Å²) >= 11 is 0. The van der Waals surface area contributed by atoms with Crippen molar-refractivity contribution in [2.75, 3.05) is 5.32 Å². The Morgan fingerprint density at radius 1 is 1.39 bits per heavy atom. The minimum Gasteiger partial charge on any atom is -0.469 e. The van der Waals surface area contributed by atoms with Gasteiger partial charge in [-0.15, -0.1) is 0 Å². The molecule has 1 heterocycles. The van der Waals surface area contributed by atoms with E-state index in [1.165, 1.54) is 12.1 Å². The van der Waals surface area contributed by atoms with Gasteiger partial charge in [-0.05, 0) is 25.1 Å². The third-order valence-electron chi connectivity index (χ3n) is 2.56. The summed E-state index contributed by atoms with van der Waals surface area (Å²) in [5.74, 6) is 0.889. The van der Waals surface area contributed by atoms with Crippen molar-refractivity contribution in [3.05, 3.63) is 58.5 Å². The Morgan fingerprint density at radius 2 is 2.22 bits per heavy atom. The van der Waals surface area contributed by atoms with E-state index >= 15 is 0 Å². The van der Waals surface area contributed by atoms with Crippen LogP contribution < -0.4 is 5.32 Å². The molecule has 0 saturated carbocycles. The number of nitrogens with zero attached hydrogens (tertiary/aromatic N) is 1. The lowest BCUT2D eigenvalue weighted by atomic mass is 10.2. The van der Waals surface area contributed by atoms with Crippen molar-refractivity contribution in [1.82, 2.24) is 0 Å². The maximum Gasteiger partial charge on any atom is 0.271 e. The van der Waals surface area contributed by atoms with Gasteiger partial charge in [0, 0.05) is 30.3 Å². The Kier molecular flexibility index (Phi) is 3.62. The second kappa shape index (κ2) is 5.35. The summed E-state index contributed by atoms with van der Waals surface area (Å²) in [6.45, 7) is 2.00. The number of nitrogens with one attached hydrogen (secondary N) is 1. The summed E-state index contributed by atoms with van der Waals surface area (Å²) in [6.07, 6.45) is 2.37. The molecule has 1 unspecified atom stereocenters. The summed E-state index contributed by atoms with van der Waals surface area (Å²) in [6, 6.07) is 10.4. The van der Waals surface area contributed by atoms with Crippen molar-refractivity contribution in [1.29, 1.82) is 0 Å². The smallest absolute Gasteiger partial charge is 0.271 e. The van der Waals surface area contributed by atoms with E-state index in [0.717, 1.165) is 17.9 Å². The van der Waals surface area contributed by atoms with Gasteiger partial charge in [-0.3, -0.25) is 10.1 Å². The Hall–Kier alpha value is -2.30. The van der Waals surface area contributed by atoms with Crippen molar-refractivity contribution in [3.8, 4) is 0 Å². The highest BCUT2D eigenvalue weighted by molar-refractivity contribution is 5.51. The van der Waals surface area contributed by atoms with Gasteiger partial charge in [0.15, 0.2) is 0 Å². The molecule has 0 spiro atoms. The molecule has 0 aliphatic rings. The number of anilines is 1. The third-order valence-corrected chi connectivity index (χ3v) is 2.56. The minimum absolute atomic E-state index is 0.0881. The van der Waals surface area contributed by atoms with Gasteiger partial charge in [0.25, 0.3) is 5.69 Å². The lowest BCUT2D eigenvalue weighted by molar-refractivity contribution is -0.384. The molecule has 94 valence electrons. The number of furan rings is 1. The topological polar surface area (TPSA) is 68.3 Å². The first-order chi connectivity index (χ1) is 8.65. The zero-order valence-electron chi connectivity index (χ0n) is 10.00. The van der Waals surface area contributed by atoms with Gasteiger partial charge in [0.1, 0.15) is 5.76 Å². The summed E-state index contributed by atoms with van der Waals surface area (Å²) in [4.78, 5) is 10.3. The van der Waals surface area contributed by atoms with E-state index in [2.05, 4.69) is 5.32 Å². The highest BCUT2D eigenvalue weighted by atomic mass is 16.6. The van der Waals surface area contributed by atoms with Crippen molar-refractivity contribution < 1.29 is 9.34 Å². The predicted octanol–water partition coefficient (Wildman–Crippen LogP) is 3.23. The van der Waals surface area contributed by atoms with E-state index in [0.29, 0.717) is 0 Å². The SMILES string of the molecule is CC(Cc1ccco1)Nc1cccc([N+](=O)[O-])c1. The molecule has 5 nitrogen and oxygen atoms in total. The fraction of sp³-hybridized carbons (Fsp3) is 0.231. The molecule has 2 rings (SSSR count). The Labute approximate surface area is 105 Å². The molecule has 0 saturated heterocycles. The maximum absolute atomic E-state index is 10.7. The van der Waals surface area contributed by atoms with Crippen LogP contribution in [0.25, 0.3) is 0 Å². The minimum atomic E-state index is -0.400. The van der Waals surface area contributed by atoms with E-state index in [9.17, 15) is 10.1 Å². The van der Waals surface area contributed by atoms with Crippen LogP contribution in [0.4, 0.5) is 11.4 Å². The molecule has 0 aliphatic heterocycles. The maximum atomic E-state index is 10.7. The second-order valence-corrected chi connectivity index (χ2v) is 4.14. The number of rotatable bonds is 5. The quantitative estimate of drug-likeness (QED) is 0.649. The van der Waals surface area contributed by atoms with E-state index in [-0.39, 0.29) is 11.7 Å². The largest absolute Gasteiger partial charge is 0.469 e. The third kappa shape index (κ3) is 3.10. The molecule has 18 heavy (non-hydrogen) atoms. The van der Waals surface area contributed by atoms with E-state index in [1.54, 1.807) is 12.3 Å². The van der Waals surface area contributed by atoms with Crippen LogP contribution in [0.5, 0.6) is 0 Å². The van der Waals surface area contributed by atoms with Gasteiger partial charge < -0.3 is 9.73 Å². The first kappa shape index (κ1) is 12.2. The van der Waals surface area contributed by atoms with Crippen LogP contribution >= 0.6 is 0 Å². The highest BCUT2D eigenvalue weighted by Gasteiger charge is 2.09. The van der Waals surface area contributed by atoms with Crippen molar-refractivity contribution in [3.63, 3.8) is 0 Å². The number of benzene rings is 1. The average molecular weight is 246 g/mol. The zero-order chi connectivity index (χ0) is 13.0. The van der Waals surface area contributed by atoms with Gasteiger partial charge in [-0.25, -0.2) is 0 Å². The Balaban J connectivity index is 2.00. The van der Waals surface area contributed by atoms with Crippen LogP contribution in [0.15, 0.2) is 47.1 Å². The summed E-state index contributed by atoms with van der Waals surface area (Å²) < 4.78 is 5.26. The predicted molar refractivity (Wildman–Crippen MR) is 68.6 cm³/mol. The fourth-order valence-corrected chi connectivity index (χ4v) is 1.78. The van der Waals surface area contributed by atoms with Crippen LogP contribution in [-0.2, 0) is 6.42 Å². The van der Waals surface area contributed by atoms with Crippen molar-refractivity contribution >= 4 is 11.4 Å². The number of nitro benzene ring substituents is 1. The Morgan fingerprint density at radius 3 is 2.89 bits per heavy atom. The molecule has 0 bridgehead atoms. The van der Waals surface area contributed by atoms with Gasteiger partial charge in [0.2, 0.25) is 0 Å². The van der Waals surface area contributed by atoms with Crippen LogP contribution in [0.1, 0.15) is 12.7 Å². The van der Waals surface area contributed by atoms with Crippen molar-refractivity contribution in [2.24, 2.45) is 0 Å². The lowest BCUT2D eigenvalue weighted by Crippen LogP contribution is -2.17. The van der Waals surface area contributed by atoms with Crippen LogP contribution in [-0.4, -0.2) is 11.0 Å². The molecule has 1 atom stereocenters. The standard InChI is InChI=1S/C13H14N2O3/c1-10(8-13-6-3-7-18-13)14-11-4-2-5-12(9-11)15(16)17/h2-7,9-10,14H,8H2,1H3. The van der Waals surface area contributed by atoms with Gasteiger partial charge in [-0.1, -0.05) is 6.07 Å². The average Bonchev–Trinajstić information content (AvgIpc) is 2.82. The number of nitro groups is 1. The summed E-state index contributed by atoms with van der Waals surface area (Å²) in [7, 11) is 0. The number of hydrogen-bond acceptors (Lipinski definition) is 4. The first-order valence-electron chi connectivity index (χ1n) is 5.68. The molecule has 0 aliphatic carbocycles. The molecule has 0 fully saturated rings. The van der Waals surface area contributed by atoms with Gasteiger partial charge >= 0.3 is 0 Å². The molecule has 1 N–H and O–H groups in total. The van der Waals surface area contributed by atoms with Gasteiger partial charge in [0.05, 0.1) is 11.2 Å².